The Morgan fingerprint density at radius 2 is 2.05 bits per heavy atom. The minimum Gasteiger partial charge on any atom is -0.479 e. The van der Waals surface area contributed by atoms with E-state index in [4.69, 9.17) is 10.00 Å². The van der Waals surface area contributed by atoms with Crippen LogP contribution in [-0.4, -0.2) is 36.0 Å². The molecule has 0 spiro atoms. The first-order valence-electron chi connectivity index (χ1n) is 7.69. The van der Waals surface area contributed by atoms with Crippen LogP contribution >= 0.6 is 0 Å². The molecule has 0 saturated carbocycles. The standard InChI is InChI=1S/C17H23N3O2/c1-12(2)20-10-8-16(17(20)21)19-13(3)14-4-6-15(7-5-14)22-11-9-18/h4-7,12-13,16,19H,8,10-11H2,1-3H3. The quantitative estimate of drug-likeness (QED) is 0.875. The number of hydrogen-bond donors (Lipinski definition) is 1. The van der Waals surface area contributed by atoms with Gasteiger partial charge in [0.1, 0.15) is 11.8 Å². The van der Waals surface area contributed by atoms with Crippen molar-refractivity contribution in [2.75, 3.05) is 13.2 Å². The minimum atomic E-state index is -0.105. The van der Waals surface area contributed by atoms with Crippen LogP contribution in [0.5, 0.6) is 5.75 Å². The summed E-state index contributed by atoms with van der Waals surface area (Å²) in [5.41, 5.74) is 1.10. The van der Waals surface area contributed by atoms with E-state index >= 15 is 0 Å². The van der Waals surface area contributed by atoms with Gasteiger partial charge in [-0.2, -0.15) is 5.26 Å². The van der Waals surface area contributed by atoms with E-state index in [2.05, 4.69) is 12.2 Å². The number of carbonyl (C=O) groups is 1. The number of amides is 1. The molecule has 0 aromatic heterocycles. The normalized spacial score (nSPS) is 19.3. The van der Waals surface area contributed by atoms with Gasteiger partial charge in [0.05, 0.1) is 6.04 Å². The molecule has 5 nitrogen and oxygen atoms in total. The molecule has 0 bridgehead atoms. The zero-order valence-corrected chi connectivity index (χ0v) is 13.4. The molecule has 1 saturated heterocycles. The molecule has 2 unspecified atom stereocenters. The lowest BCUT2D eigenvalue weighted by atomic mass is 10.1. The molecule has 5 heteroatoms. The SMILES string of the molecule is CC(NC1CCN(C(C)C)C1=O)c1ccc(OCC#N)cc1. The van der Waals surface area contributed by atoms with Gasteiger partial charge in [-0.05, 0) is 44.9 Å². The lowest BCUT2D eigenvalue weighted by Gasteiger charge is -2.23. The molecular weight excluding hydrogens is 278 g/mol. The van der Waals surface area contributed by atoms with Crippen LogP contribution in [0.3, 0.4) is 0 Å². The van der Waals surface area contributed by atoms with Crippen molar-refractivity contribution in [3.8, 4) is 11.8 Å². The topological polar surface area (TPSA) is 65.4 Å². The van der Waals surface area contributed by atoms with Gasteiger partial charge in [0.25, 0.3) is 0 Å². The summed E-state index contributed by atoms with van der Waals surface area (Å²) in [6.07, 6.45) is 0.852. The summed E-state index contributed by atoms with van der Waals surface area (Å²) in [4.78, 5) is 14.2. The van der Waals surface area contributed by atoms with E-state index in [-0.39, 0.29) is 30.6 Å². The summed E-state index contributed by atoms with van der Waals surface area (Å²) < 4.78 is 5.24. The molecule has 1 aromatic carbocycles. The molecule has 0 aliphatic carbocycles. The van der Waals surface area contributed by atoms with Gasteiger partial charge >= 0.3 is 0 Å². The lowest BCUT2D eigenvalue weighted by Crippen LogP contribution is -2.41. The monoisotopic (exact) mass is 301 g/mol. The fourth-order valence-electron chi connectivity index (χ4n) is 2.74. The Labute approximate surface area is 131 Å². The van der Waals surface area contributed by atoms with Crippen molar-refractivity contribution in [1.29, 1.82) is 5.26 Å². The molecular formula is C17H23N3O2. The van der Waals surface area contributed by atoms with Gasteiger partial charge in [0.2, 0.25) is 5.91 Å². The molecule has 0 radical (unpaired) electrons. The summed E-state index contributed by atoms with van der Waals surface area (Å²) in [6, 6.07) is 9.81. The Hall–Kier alpha value is -2.06. The predicted molar refractivity (Wildman–Crippen MR) is 84.4 cm³/mol. The van der Waals surface area contributed by atoms with Crippen LogP contribution in [0.15, 0.2) is 24.3 Å². The van der Waals surface area contributed by atoms with E-state index in [1.54, 1.807) is 0 Å². The van der Waals surface area contributed by atoms with Gasteiger partial charge in [-0.15, -0.1) is 0 Å². The van der Waals surface area contributed by atoms with E-state index in [0.717, 1.165) is 18.5 Å². The lowest BCUT2D eigenvalue weighted by molar-refractivity contribution is -0.130. The predicted octanol–water partition coefficient (Wildman–Crippen LogP) is 2.25. The molecule has 1 N–H and O–H groups in total. The van der Waals surface area contributed by atoms with Gasteiger partial charge in [0, 0.05) is 18.6 Å². The number of likely N-dealkylation sites (tertiary alicyclic amines) is 1. The number of carbonyl (C=O) groups excluding carboxylic acids is 1. The first kappa shape index (κ1) is 16.3. The van der Waals surface area contributed by atoms with Crippen molar-refractivity contribution in [2.24, 2.45) is 0 Å². The summed E-state index contributed by atoms with van der Waals surface area (Å²) in [5.74, 6) is 0.872. The van der Waals surface area contributed by atoms with Crippen molar-refractivity contribution in [1.82, 2.24) is 10.2 Å². The van der Waals surface area contributed by atoms with Gasteiger partial charge in [-0.25, -0.2) is 0 Å². The smallest absolute Gasteiger partial charge is 0.240 e. The second-order valence-corrected chi connectivity index (χ2v) is 5.87. The number of nitriles is 1. The van der Waals surface area contributed by atoms with Crippen LogP contribution in [-0.2, 0) is 4.79 Å². The van der Waals surface area contributed by atoms with Crippen molar-refractivity contribution < 1.29 is 9.53 Å². The van der Waals surface area contributed by atoms with Crippen LogP contribution in [0.4, 0.5) is 0 Å². The number of hydrogen-bond acceptors (Lipinski definition) is 4. The second-order valence-electron chi connectivity index (χ2n) is 5.87. The molecule has 22 heavy (non-hydrogen) atoms. The Kier molecular flexibility index (Phi) is 5.40. The third-order valence-corrected chi connectivity index (χ3v) is 4.00. The molecule has 1 fully saturated rings. The fraction of sp³-hybridized carbons (Fsp3) is 0.529. The zero-order chi connectivity index (χ0) is 16.1. The maximum absolute atomic E-state index is 12.3. The van der Waals surface area contributed by atoms with Crippen molar-refractivity contribution in [3.63, 3.8) is 0 Å². The molecule has 1 aliphatic heterocycles. The van der Waals surface area contributed by atoms with E-state index in [1.807, 2.05) is 49.1 Å². The molecule has 2 atom stereocenters. The Morgan fingerprint density at radius 1 is 1.36 bits per heavy atom. The van der Waals surface area contributed by atoms with Gasteiger partial charge in [-0.1, -0.05) is 12.1 Å². The number of nitrogens with one attached hydrogen (secondary N) is 1. The average Bonchev–Trinajstić information content (AvgIpc) is 2.87. The highest BCUT2D eigenvalue weighted by molar-refractivity contribution is 5.84. The molecule has 2 rings (SSSR count). The zero-order valence-electron chi connectivity index (χ0n) is 13.4. The van der Waals surface area contributed by atoms with Crippen LogP contribution in [0.2, 0.25) is 0 Å². The van der Waals surface area contributed by atoms with Gasteiger partial charge in [-0.3, -0.25) is 10.1 Å². The number of benzene rings is 1. The number of ether oxygens (including phenoxy) is 1. The Balaban J connectivity index is 1.94. The van der Waals surface area contributed by atoms with Crippen molar-refractivity contribution in [2.45, 2.75) is 45.3 Å². The molecule has 1 aliphatic rings. The van der Waals surface area contributed by atoms with Crippen LogP contribution in [0.25, 0.3) is 0 Å². The highest BCUT2D eigenvalue weighted by Gasteiger charge is 2.33. The van der Waals surface area contributed by atoms with Crippen LogP contribution < -0.4 is 10.1 Å². The number of nitrogens with zero attached hydrogens (tertiary/aromatic N) is 2. The third-order valence-electron chi connectivity index (χ3n) is 4.00. The molecule has 1 amide bonds. The van der Waals surface area contributed by atoms with Gasteiger partial charge in [0.15, 0.2) is 6.61 Å². The summed E-state index contributed by atoms with van der Waals surface area (Å²) in [6.45, 7) is 7.01. The maximum Gasteiger partial charge on any atom is 0.240 e. The summed E-state index contributed by atoms with van der Waals surface area (Å²) in [5, 5.41) is 11.9. The van der Waals surface area contributed by atoms with E-state index < -0.39 is 0 Å². The van der Waals surface area contributed by atoms with E-state index in [1.165, 1.54) is 0 Å². The van der Waals surface area contributed by atoms with Crippen LogP contribution in [0.1, 0.15) is 38.8 Å². The third kappa shape index (κ3) is 3.77. The summed E-state index contributed by atoms with van der Waals surface area (Å²) >= 11 is 0. The van der Waals surface area contributed by atoms with E-state index in [0.29, 0.717) is 5.75 Å². The molecule has 1 aromatic rings. The van der Waals surface area contributed by atoms with Crippen molar-refractivity contribution >= 4 is 5.91 Å². The minimum absolute atomic E-state index is 0.0504. The highest BCUT2D eigenvalue weighted by atomic mass is 16.5. The number of rotatable bonds is 6. The Morgan fingerprint density at radius 3 is 2.59 bits per heavy atom. The van der Waals surface area contributed by atoms with Crippen molar-refractivity contribution in [3.05, 3.63) is 29.8 Å². The first-order valence-corrected chi connectivity index (χ1v) is 7.69. The first-order chi connectivity index (χ1) is 10.5. The molecule has 118 valence electrons. The van der Waals surface area contributed by atoms with E-state index in [9.17, 15) is 4.79 Å². The summed E-state index contributed by atoms with van der Waals surface area (Å²) in [7, 11) is 0. The highest BCUT2D eigenvalue weighted by Crippen LogP contribution is 2.21. The van der Waals surface area contributed by atoms with Crippen LogP contribution in [0, 0.1) is 11.3 Å². The molecule has 1 heterocycles. The maximum atomic E-state index is 12.3. The average molecular weight is 301 g/mol. The second kappa shape index (κ2) is 7.28. The fourth-order valence-corrected chi connectivity index (χ4v) is 2.74. The largest absolute Gasteiger partial charge is 0.479 e. The Bertz CT molecular complexity index is 548. The van der Waals surface area contributed by atoms with Gasteiger partial charge < -0.3 is 9.64 Å².